The van der Waals surface area contributed by atoms with E-state index in [0.717, 1.165) is 0 Å². The van der Waals surface area contributed by atoms with Gasteiger partial charge >= 0.3 is 0 Å². The van der Waals surface area contributed by atoms with Crippen molar-refractivity contribution >= 4 is 0 Å². The van der Waals surface area contributed by atoms with Gasteiger partial charge in [-0.15, -0.1) is 9.69 Å². The van der Waals surface area contributed by atoms with Crippen molar-refractivity contribution in [1.29, 1.82) is 0 Å². The second-order valence-electron chi connectivity index (χ2n) is 5.06. The van der Waals surface area contributed by atoms with Gasteiger partial charge in [0.1, 0.15) is 11.4 Å². The van der Waals surface area contributed by atoms with E-state index in [1.54, 1.807) is 48.5 Å². The normalized spacial score (nSPS) is 10.8. The Labute approximate surface area is 136 Å². The lowest BCUT2D eigenvalue weighted by molar-refractivity contribution is -0.706. The first-order chi connectivity index (χ1) is 11.8. The highest BCUT2D eigenvalue weighted by atomic mass is 16.5. The summed E-state index contributed by atoms with van der Waals surface area (Å²) in [5, 5.41) is 33.1. The van der Waals surface area contributed by atoms with Crippen molar-refractivity contribution in [3.05, 3.63) is 83.5 Å². The summed E-state index contributed by atoms with van der Waals surface area (Å²) in [5.41, 5.74) is 1.45. The maximum atomic E-state index is 12.5. The molecular formula is C16H12N6O2. The van der Waals surface area contributed by atoms with E-state index in [-0.39, 0.29) is 11.4 Å². The molecule has 0 unspecified atom stereocenters. The highest BCUT2D eigenvalue weighted by Gasteiger charge is 2.25. The van der Waals surface area contributed by atoms with Gasteiger partial charge in [0, 0.05) is 10.2 Å². The van der Waals surface area contributed by atoms with Gasteiger partial charge in [0.25, 0.3) is 11.4 Å². The van der Waals surface area contributed by atoms with Gasteiger partial charge < -0.3 is 10.4 Å². The predicted octanol–water partition coefficient (Wildman–Crippen LogP) is 0.992. The summed E-state index contributed by atoms with van der Waals surface area (Å²) in [4.78, 5) is 3.48. The quantitative estimate of drug-likeness (QED) is 0.416. The van der Waals surface area contributed by atoms with Crippen molar-refractivity contribution in [3.8, 4) is 22.8 Å². The van der Waals surface area contributed by atoms with E-state index in [1.165, 1.54) is 22.0 Å². The minimum atomic E-state index is 0.121. The van der Waals surface area contributed by atoms with Crippen LogP contribution in [0.25, 0.3) is 22.8 Å². The summed E-state index contributed by atoms with van der Waals surface area (Å²) in [5.74, 6) is 0. The molecule has 0 bridgehead atoms. The Balaban J connectivity index is 1.79. The van der Waals surface area contributed by atoms with Gasteiger partial charge in [0.15, 0.2) is 0 Å². The molecule has 0 spiro atoms. The van der Waals surface area contributed by atoms with Crippen LogP contribution in [0.1, 0.15) is 0 Å². The number of para-hydroxylation sites is 2. The second-order valence-corrected chi connectivity index (χ2v) is 5.06. The van der Waals surface area contributed by atoms with E-state index in [4.69, 9.17) is 0 Å². The zero-order chi connectivity index (χ0) is 16.5. The molecule has 0 amide bonds. The molecule has 0 fully saturated rings. The molecule has 0 saturated carbocycles. The van der Waals surface area contributed by atoms with E-state index >= 15 is 0 Å². The number of hydrogen-bond acceptors (Lipinski definition) is 4. The molecule has 2 aromatic carbocycles. The van der Waals surface area contributed by atoms with Crippen LogP contribution >= 0.6 is 0 Å². The van der Waals surface area contributed by atoms with Crippen LogP contribution in [-0.2, 0) is 0 Å². The molecule has 0 saturated heterocycles. The summed E-state index contributed by atoms with van der Waals surface area (Å²) in [6.45, 7) is 0. The van der Waals surface area contributed by atoms with Gasteiger partial charge in [0.2, 0.25) is 12.4 Å². The smallest absolute Gasteiger partial charge is 0.251 e. The SMILES string of the molecule is [O-][n+]1c(-c2cnn(-c3ccccc3)[n+]2[O-])cnn1-c1ccccc1. The minimum Gasteiger partial charge on any atom is -0.692 e. The monoisotopic (exact) mass is 320 g/mol. The van der Waals surface area contributed by atoms with Crippen molar-refractivity contribution in [2.24, 2.45) is 0 Å². The van der Waals surface area contributed by atoms with Gasteiger partial charge in [-0.25, -0.2) is 0 Å². The lowest BCUT2D eigenvalue weighted by atomic mass is 10.3. The first-order valence-electron chi connectivity index (χ1n) is 7.22. The molecule has 0 N–H and O–H groups in total. The summed E-state index contributed by atoms with van der Waals surface area (Å²) in [6, 6.07) is 17.9. The van der Waals surface area contributed by atoms with E-state index in [9.17, 15) is 10.4 Å². The van der Waals surface area contributed by atoms with Crippen LogP contribution in [0.4, 0.5) is 0 Å². The van der Waals surface area contributed by atoms with Gasteiger partial charge in [-0.3, -0.25) is 0 Å². The lowest BCUT2D eigenvalue weighted by Crippen LogP contribution is -2.44. The zero-order valence-corrected chi connectivity index (χ0v) is 12.4. The fourth-order valence-electron chi connectivity index (χ4n) is 2.41. The third kappa shape index (κ3) is 2.17. The molecule has 0 aliphatic heterocycles. The second kappa shape index (κ2) is 5.51. The number of hydrogen-bond donors (Lipinski definition) is 0. The Hall–Kier alpha value is -3.68. The Morgan fingerprint density at radius 3 is 1.38 bits per heavy atom. The molecule has 0 aliphatic rings. The number of aromatic nitrogens is 6. The zero-order valence-electron chi connectivity index (χ0n) is 12.4. The fraction of sp³-hybridized carbons (Fsp3) is 0. The Kier molecular flexibility index (Phi) is 3.20. The molecule has 118 valence electrons. The number of benzene rings is 2. The van der Waals surface area contributed by atoms with Crippen LogP contribution in [0.3, 0.4) is 0 Å². The average Bonchev–Trinajstić information content (AvgIpc) is 3.19. The van der Waals surface area contributed by atoms with Gasteiger partial charge in [-0.05, 0) is 33.9 Å². The molecular weight excluding hydrogens is 308 g/mol. The van der Waals surface area contributed by atoms with Crippen molar-refractivity contribution < 1.29 is 9.69 Å². The first-order valence-corrected chi connectivity index (χ1v) is 7.22. The van der Waals surface area contributed by atoms with Crippen molar-refractivity contribution in [3.63, 3.8) is 0 Å². The Morgan fingerprint density at radius 1 is 0.625 bits per heavy atom. The van der Waals surface area contributed by atoms with E-state index in [1.807, 2.05) is 12.1 Å². The van der Waals surface area contributed by atoms with Crippen molar-refractivity contribution in [2.45, 2.75) is 0 Å². The number of nitrogens with zero attached hydrogens (tertiary/aromatic N) is 6. The van der Waals surface area contributed by atoms with Crippen molar-refractivity contribution in [1.82, 2.24) is 19.8 Å². The van der Waals surface area contributed by atoms with Crippen LogP contribution in [-0.4, -0.2) is 19.8 Å². The highest BCUT2D eigenvalue weighted by molar-refractivity contribution is 5.44. The van der Waals surface area contributed by atoms with Crippen LogP contribution in [0, 0.1) is 10.4 Å². The van der Waals surface area contributed by atoms with Crippen LogP contribution in [0.15, 0.2) is 73.1 Å². The Morgan fingerprint density at radius 2 is 1.00 bits per heavy atom. The molecule has 24 heavy (non-hydrogen) atoms. The fourth-order valence-corrected chi connectivity index (χ4v) is 2.41. The van der Waals surface area contributed by atoms with Gasteiger partial charge in [-0.2, -0.15) is 0 Å². The Bertz CT molecular complexity index is 897. The summed E-state index contributed by atoms with van der Waals surface area (Å²) < 4.78 is 0. The van der Waals surface area contributed by atoms with E-state index in [0.29, 0.717) is 21.1 Å². The largest absolute Gasteiger partial charge is 0.692 e. The van der Waals surface area contributed by atoms with Crippen LogP contribution in [0.5, 0.6) is 0 Å². The molecule has 8 nitrogen and oxygen atoms in total. The molecule has 4 rings (SSSR count). The van der Waals surface area contributed by atoms with Gasteiger partial charge in [-0.1, -0.05) is 36.4 Å². The minimum absolute atomic E-state index is 0.121. The molecule has 2 aromatic heterocycles. The lowest BCUT2D eigenvalue weighted by Gasteiger charge is -2.07. The maximum absolute atomic E-state index is 12.5. The highest BCUT2D eigenvalue weighted by Crippen LogP contribution is 2.12. The summed E-state index contributed by atoms with van der Waals surface area (Å²) in [7, 11) is 0. The van der Waals surface area contributed by atoms with Crippen LogP contribution < -0.4 is 9.69 Å². The first kappa shape index (κ1) is 13.9. The standard InChI is InChI=1S/C16H12N6O2/c23-21-15(11-17-19(21)13-7-3-1-4-8-13)16-12-18-20(22(16)24)14-9-5-2-6-10-14/h1-12H. The van der Waals surface area contributed by atoms with Crippen molar-refractivity contribution in [2.75, 3.05) is 0 Å². The molecule has 2 heterocycles. The van der Waals surface area contributed by atoms with Gasteiger partial charge in [0.05, 0.1) is 0 Å². The predicted molar refractivity (Wildman–Crippen MR) is 84.0 cm³/mol. The molecule has 4 aromatic rings. The number of rotatable bonds is 3. The van der Waals surface area contributed by atoms with E-state index in [2.05, 4.69) is 10.2 Å². The average molecular weight is 320 g/mol. The maximum Gasteiger partial charge on any atom is 0.251 e. The topological polar surface area (TPSA) is 89.5 Å². The van der Waals surface area contributed by atoms with E-state index < -0.39 is 0 Å². The molecule has 8 heteroatoms. The summed E-state index contributed by atoms with van der Waals surface area (Å²) >= 11 is 0. The summed E-state index contributed by atoms with van der Waals surface area (Å²) in [6.07, 6.45) is 2.70. The molecule has 0 atom stereocenters. The molecule has 0 aliphatic carbocycles. The third-order valence-electron chi connectivity index (χ3n) is 3.57. The molecule has 0 radical (unpaired) electrons. The third-order valence-corrected chi connectivity index (χ3v) is 3.57. The van der Waals surface area contributed by atoms with Crippen LogP contribution in [0.2, 0.25) is 0 Å².